The van der Waals surface area contributed by atoms with E-state index in [-0.39, 0.29) is 5.41 Å². The fourth-order valence-corrected chi connectivity index (χ4v) is 3.87. The van der Waals surface area contributed by atoms with Crippen molar-refractivity contribution in [3.05, 3.63) is 59.4 Å². The van der Waals surface area contributed by atoms with Crippen LogP contribution in [-0.4, -0.2) is 4.98 Å². The summed E-state index contributed by atoms with van der Waals surface area (Å²) in [4.78, 5) is 4.58. The van der Waals surface area contributed by atoms with Crippen LogP contribution < -0.4 is 4.57 Å². The molecule has 3 heteroatoms. The maximum Gasteiger partial charge on any atom is 0.227 e. The molecule has 138 valence electrons. The highest BCUT2D eigenvalue weighted by atomic mass is 16.3. The Kier molecular flexibility index (Phi) is 4.06. The van der Waals surface area contributed by atoms with Crippen molar-refractivity contribution in [1.82, 2.24) is 4.98 Å². The molecule has 3 nitrogen and oxygen atoms in total. The zero-order valence-electron chi connectivity index (χ0n) is 17.1. The first-order valence-corrected chi connectivity index (χ1v) is 9.51. The molecule has 0 radical (unpaired) electrons. The first-order valence-electron chi connectivity index (χ1n) is 9.51. The van der Waals surface area contributed by atoms with Crippen molar-refractivity contribution >= 4 is 22.1 Å². The normalized spacial score (nSPS) is 12.2. The molecule has 27 heavy (non-hydrogen) atoms. The lowest BCUT2D eigenvalue weighted by atomic mass is 9.88. The molecule has 0 fully saturated rings. The Morgan fingerprint density at radius 2 is 1.70 bits per heavy atom. The van der Waals surface area contributed by atoms with Crippen LogP contribution in [0.25, 0.3) is 33.3 Å². The summed E-state index contributed by atoms with van der Waals surface area (Å²) >= 11 is 0. The van der Waals surface area contributed by atoms with E-state index in [4.69, 9.17) is 4.42 Å². The summed E-state index contributed by atoms with van der Waals surface area (Å²) in [6.45, 7) is 11.0. The molecular weight excluding hydrogens is 332 g/mol. The Labute approximate surface area is 160 Å². The van der Waals surface area contributed by atoms with Crippen molar-refractivity contribution in [3.8, 4) is 11.3 Å². The molecule has 1 aromatic carbocycles. The maximum absolute atomic E-state index is 6.24. The van der Waals surface area contributed by atoms with Crippen molar-refractivity contribution in [2.24, 2.45) is 12.5 Å². The third-order valence-corrected chi connectivity index (χ3v) is 5.04. The van der Waals surface area contributed by atoms with Gasteiger partial charge in [-0.15, -0.1) is 0 Å². The second kappa shape index (κ2) is 6.19. The number of aryl methyl sites for hydroxylation is 3. The molecule has 0 amide bonds. The molecular formula is C24H27N2O+. The second-order valence-electron chi connectivity index (χ2n) is 8.81. The molecule has 4 aromatic rings. The number of fused-ring (bicyclic) bond motifs is 3. The number of furan rings is 1. The molecule has 0 atom stereocenters. The minimum atomic E-state index is 0.271. The Balaban J connectivity index is 1.93. The maximum atomic E-state index is 6.24. The summed E-state index contributed by atoms with van der Waals surface area (Å²) in [5.41, 5.74) is 7.73. The number of hydrogen-bond acceptors (Lipinski definition) is 2. The molecule has 0 aliphatic rings. The smallest absolute Gasteiger partial charge is 0.227 e. The summed E-state index contributed by atoms with van der Waals surface area (Å²) < 4.78 is 8.46. The van der Waals surface area contributed by atoms with Gasteiger partial charge in [0.1, 0.15) is 7.05 Å². The van der Waals surface area contributed by atoms with Gasteiger partial charge in [-0.1, -0.05) is 32.9 Å². The van der Waals surface area contributed by atoms with E-state index in [2.05, 4.69) is 80.8 Å². The SMILES string of the molecule is Cc1ccc2c(n1)oc1c(-c3ccc(CC(C)(C)C)c[n+]3C)c(C)ccc12. The van der Waals surface area contributed by atoms with Gasteiger partial charge < -0.3 is 4.42 Å². The van der Waals surface area contributed by atoms with E-state index < -0.39 is 0 Å². The van der Waals surface area contributed by atoms with E-state index in [1.807, 2.05) is 13.0 Å². The molecule has 3 heterocycles. The zero-order valence-corrected chi connectivity index (χ0v) is 17.1. The van der Waals surface area contributed by atoms with Gasteiger partial charge in [0.05, 0.1) is 5.56 Å². The Morgan fingerprint density at radius 1 is 0.963 bits per heavy atom. The molecule has 0 unspecified atom stereocenters. The molecule has 0 N–H and O–H groups in total. The number of benzene rings is 1. The number of pyridine rings is 2. The van der Waals surface area contributed by atoms with Gasteiger partial charge in [0.15, 0.2) is 11.8 Å². The van der Waals surface area contributed by atoms with Crippen LogP contribution in [0.2, 0.25) is 0 Å². The summed E-state index contributed by atoms with van der Waals surface area (Å²) in [5, 5.41) is 2.20. The first-order chi connectivity index (χ1) is 12.7. The van der Waals surface area contributed by atoms with Crippen molar-refractivity contribution < 1.29 is 8.98 Å². The predicted molar refractivity (Wildman–Crippen MR) is 111 cm³/mol. The highest BCUT2D eigenvalue weighted by molar-refractivity contribution is 6.08. The average molecular weight is 359 g/mol. The first kappa shape index (κ1) is 17.7. The minimum absolute atomic E-state index is 0.271. The molecule has 0 spiro atoms. The van der Waals surface area contributed by atoms with Gasteiger partial charge in [-0.2, -0.15) is 0 Å². The lowest BCUT2D eigenvalue weighted by Crippen LogP contribution is -2.32. The van der Waals surface area contributed by atoms with Gasteiger partial charge in [0.2, 0.25) is 11.4 Å². The molecule has 0 aliphatic carbocycles. The van der Waals surface area contributed by atoms with Crippen molar-refractivity contribution in [2.45, 2.75) is 41.0 Å². The molecule has 0 bridgehead atoms. The molecule has 0 saturated carbocycles. The Morgan fingerprint density at radius 3 is 2.41 bits per heavy atom. The van der Waals surface area contributed by atoms with Crippen LogP contribution in [0.4, 0.5) is 0 Å². The predicted octanol–water partition coefficient (Wildman–Crippen LogP) is 5.68. The molecule has 4 rings (SSSR count). The number of aromatic nitrogens is 2. The number of nitrogens with zero attached hydrogens (tertiary/aromatic N) is 2. The summed E-state index contributed by atoms with van der Waals surface area (Å²) in [5.74, 6) is 0. The van der Waals surface area contributed by atoms with Crippen LogP contribution in [0, 0.1) is 19.3 Å². The van der Waals surface area contributed by atoms with Gasteiger partial charge in [-0.05, 0) is 49.4 Å². The van der Waals surface area contributed by atoms with Gasteiger partial charge in [-0.3, -0.25) is 0 Å². The molecule has 3 aromatic heterocycles. The molecule has 0 aliphatic heterocycles. The topological polar surface area (TPSA) is 29.9 Å². The minimum Gasteiger partial charge on any atom is -0.437 e. The summed E-state index contributed by atoms with van der Waals surface area (Å²) in [7, 11) is 2.12. The third kappa shape index (κ3) is 3.23. The third-order valence-electron chi connectivity index (χ3n) is 5.04. The summed E-state index contributed by atoms with van der Waals surface area (Å²) in [6, 6.07) is 12.9. The Hall–Kier alpha value is -2.68. The van der Waals surface area contributed by atoms with E-state index in [1.54, 1.807) is 0 Å². The van der Waals surface area contributed by atoms with Crippen molar-refractivity contribution in [1.29, 1.82) is 0 Å². The van der Waals surface area contributed by atoms with Crippen molar-refractivity contribution in [3.63, 3.8) is 0 Å². The van der Waals surface area contributed by atoms with Crippen LogP contribution in [-0.2, 0) is 13.5 Å². The van der Waals surface area contributed by atoms with E-state index in [0.717, 1.165) is 39.7 Å². The zero-order chi connectivity index (χ0) is 19.3. The van der Waals surface area contributed by atoms with E-state index in [9.17, 15) is 0 Å². The fraction of sp³-hybridized carbons (Fsp3) is 0.333. The van der Waals surface area contributed by atoms with Gasteiger partial charge in [-0.25, -0.2) is 9.55 Å². The van der Waals surface area contributed by atoms with Crippen LogP contribution in [0.15, 0.2) is 47.0 Å². The number of rotatable bonds is 2. The van der Waals surface area contributed by atoms with E-state index in [1.165, 1.54) is 11.1 Å². The molecule has 0 saturated heterocycles. The monoisotopic (exact) mass is 359 g/mol. The Bertz CT molecular complexity index is 1160. The van der Waals surface area contributed by atoms with Crippen LogP contribution >= 0.6 is 0 Å². The van der Waals surface area contributed by atoms with Crippen LogP contribution in [0.5, 0.6) is 0 Å². The van der Waals surface area contributed by atoms with Crippen molar-refractivity contribution in [2.75, 3.05) is 0 Å². The average Bonchev–Trinajstić information content (AvgIpc) is 2.91. The highest BCUT2D eigenvalue weighted by Gasteiger charge is 2.22. The lowest BCUT2D eigenvalue weighted by Gasteiger charge is -2.17. The summed E-state index contributed by atoms with van der Waals surface area (Å²) in [6.07, 6.45) is 3.29. The van der Waals surface area contributed by atoms with E-state index in [0.29, 0.717) is 5.71 Å². The second-order valence-corrected chi connectivity index (χ2v) is 8.81. The van der Waals surface area contributed by atoms with Gasteiger partial charge >= 0.3 is 0 Å². The largest absolute Gasteiger partial charge is 0.437 e. The van der Waals surface area contributed by atoms with Crippen LogP contribution in [0.3, 0.4) is 0 Å². The number of hydrogen-bond donors (Lipinski definition) is 0. The van der Waals surface area contributed by atoms with Gasteiger partial charge in [0, 0.05) is 28.1 Å². The highest BCUT2D eigenvalue weighted by Crippen LogP contribution is 2.36. The lowest BCUT2D eigenvalue weighted by molar-refractivity contribution is -0.660. The van der Waals surface area contributed by atoms with Crippen LogP contribution in [0.1, 0.15) is 37.6 Å². The quantitative estimate of drug-likeness (QED) is 0.431. The fourth-order valence-electron chi connectivity index (χ4n) is 3.87. The van der Waals surface area contributed by atoms with E-state index >= 15 is 0 Å². The standard InChI is InChI=1S/C24H27N2O/c1-15-7-10-18-19-11-8-16(2)25-23(19)27-22(18)21(15)20-12-9-17(14-26(20)6)13-24(3,4)5/h7-12,14H,13H2,1-6H3/q+1. The van der Waals surface area contributed by atoms with Gasteiger partial charge in [0.25, 0.3) is 0 Å².